The highest BCUT2D eigenvalue weighted by molar-refractivity contribution is 5.77. The molecule has 1 aliphatic heterocycles. The summed E-state index contributed by atoms with van der Waals surface area (Å²) < 4.78 is 0. The third-order valence-electron chi connectivity index (χ3n) is 3.38. The Balaban J connectivity index is 1.85. The standard InChI is InChI=1S/C13H17N3/c1-2-7-16(8-3-1)9-11-5-4-6-12-13(11)15-10-14-12/h4-6,10H,1-3,7-9H2,(H,14,15). The summed E-state index contributed by atoms with van der Waals surface area (Å²) in [6.45, 7) is 3.52. The van der Waals surface area contributed by atoms with Crippen LogP contribution in [0.3, 0.4) is 0 Å². The fraction of sp³-hybridized carbons (Fsp3) is 0.462. The second-order valence-electron chi connectivity index (χ2n) is 4.55. The van der Waals surface area contributed by atoms with Crippen molar-refractivity contribution in [2.45, 2.75) is 25.8 Å². The van der Waals surface area contributed by atoms with E-state index >= 15 is 0 Å². The fourth-order valence-corrected chi connectivity index (χ4v) is 2.51. The van der Waals surface area contributed by atoms with Crippen molar-refractivity contribution >= 4 is 11.0 Å². The molecule has 0 unspecified atom stereocenters. The molecule has 1 aromatic carbocycles. The topological polar surface area (TPSA) is 31.9 Å². The van der Waals surface area contributed by atoms with E-state index in [0.717, 1.165) is 17.6 Å². The molecule has 1 aromatic heterocycles. The zero-order valence-corrected chi connectivity index (χ0v) is 9.45. The second-order valence-corrected chi connectivity index (χ2v) is 4.55. The maximum absolute atomic E-state index is 4.40. The number of hydrogen-bond donors (Lipinski definition) is 1. The van der Waals surface area contributed by atoms with Crippen LogP contribution in [0.1, 0.15) is 24.8 Å². The first-order valence-electron chi connectivity index (χ1n) is 6.07. The number of aromatic amines is 1. The highest BCUT2D eigenvalue weighted by Crippen LogP contribution is 2.18. The summed E-state index contributed by atoms with van der Waals surface area (Å²) in [4.78, 5) is 10.1. The molecule has 2 heterocycles. The van der Waals surface area contributed by atoms with Gasteiger partial charge in [-0.3, -0.25) is 4.90 Å². The molecule has 3 nitrogen and oxygen atoms in total. The second kappa shape index (κ2) is 4.26. The minimum atomic E-state index is 1.04. The fourth-order valence-electron chi connectivity index (χ4n) is 2.51. The number of likely N-dealkylation sites (tertiary alicyclic amines) is 1. The van der Waals surface area contributed by atoms with Gasteiger partial charge < -0.3 is 4.98 Å². The van der Waals surface area contributed by atoms with Gasteiger partial charge in [0.15, 0.2) is 0 Å². The summed E-state index contributed by atoms with van der Waals surface area (Å²) in [5.41, 5.74) is 3.63. The minimum Gasteiger partial charge on any atom is -0.345 e. The number of imidazole rings is 1. The Labute approximate surface area is 95.5 Å². The molecule has 1 saturated heterocycles. The first kappa shape index (κ1) is 9.85. The van der Waals surface area contributed by atoms with Crippen molar-refractivity contribution in [1.29, 1.82) is 0 Å². The van der Waals surface area contributed by atoms with Crippen LogP contribution in [0.5, 0.6) is 0 Å². The van der Waals surface area contributed by atoms with Gasteiger partial charge in [0.2, 0.25) is 0 Å². The Hall–Kier alpha value is -1.35. The SMILES string of the molecule is c1cc(CN2CCCCC2)c2nc[nH]c2c1. The molecule has 3 heteroatoms. The molecule has 0 spiro atoms. The average molecular weight is 215 g/mol. The highest BCUT2D eigenvalue weighted by atomic mass is 15.1. The van der Waals surface area contributed by atoms with Crippen molar-refractivity contribution in [3.63, 3.8) is 0 Å². The molecule has 84 valence electrons. The van der Waals surface area contributed by atoms with Gasteiger partial charge in [0, 0.05) is 6.54 Å². The first-order valence-corrected chi connectivity index (χ1v) is 6.07. The Morgan fingerprint density at radius 2 is 2.06 bits per heavy atom. The number of aromatic nitrogens is 2. The van der Waals surface area contributed by atoms with Gasteiger partial charge in [0.05, 0.1) is 17.4 Å². The Kier molecular flexibility index (Phi) is 2.62. The molecule has 3 rings (SSSR count). The predicted octanol–water partition coefficient (Wildman–Crippen LogP) is 2.55. The molecule has 2 aromatic rings. The zero-order valence-electron chi connectivity index (χ0n) is 9.45. The Morgan fingerprint density at radius 1 is 1.19 bits per heavy atom. The van der Waals surface area contributed by atoms with Gasteiger partial charge in [0.25, 0.3) is 0 Å². The van der Waals surface area contributed by atoms with Crippen LogP contribution in [-0.2, 0) is 6.54 Å². The molecule has 0 aliphatic carbocycles. The molecule has 0 bridgehead atoms. The van der Waals surface area contributed by atoms with Crippen LogP contribution < -0.4 is 0 Å². The molecule has 0 amide bonds. The normalized spacial score (nSPS) is 18.0. The van der Waals surface area contributed by atoms with E-state index in [0.29, 0.717) is 0 Å². The van der Waals surface area contributed by atoms with E-state index in [1.54, 1.807) is 6.33 Å². The lowest BCUT2D eigenvalue weighted by Crippen LogP contribution is -2.29. The average Bonchev–Trinajstić information content (AvgIpc) is 2.80. The third kappa shape index (κ3) is 1.83. The maximum atomic E-state index is 4.40. The molecule has 1 fully saturated rings. The van der Waals surface area contributed by atoms with E-state index in [9.17, 15) is 0 Å². The van der Waals surface area contributed by atoms with Gasteiger partial charge in [0.1, 0.15) is 0 Å². The summed E-state index contributed by atoms with van der Waals surface area (Å²) in [5, 5.41) is 0. The number of para-hydroxylation sites is 1. The smallest absolute Gasteiger partial charge is 0.0932 e. The number of piperidine rings is 1. The summed E-state index contributed by atoms with van der Waals surface area (Å²) >= 11 is 0. The quantitative estimate of drug-likeness (QED) is 0.835. The highest BCUT2D eigenvalue weighted by Gasteiger charge is 2.12. The van der Waals surface area contributed by atoms with E-state index in [4.69, 9.17) is 0 Å². The molecule has 1 aliphatic rings. The van der Waals surface area contributed by atoms with Gasteiger partial charge >= 0.3 is 0 Å². The summed E-state index contributed by atoms with van der Waals surface area (Å²) in [6.07, 6.45) is 5.86. The van der Waals surface area contributed by atoms with Crippen LogP contribution in [0.15, 0.2) is 24.5 Å². The van der Waals surface area contributed by atoms with Crippen molar-refractivity contribution < 1.29 is 0 Å². The van der Waals surface area contributed by atoms with Crippen molar-refractivity contribution in [2.75, 3.05) is 13.1 Å². The summed E-state index contributed by atoms with van der Waals surface area (Å²) in [7, 11) is 0. The number of benzene rings is 1. The predicted molar refractivity (Wildman–Crippen MR) is 65.2 cm³/mol. The van der Waals surface area contributed by atoms with E-state index in [-0.39, 0.29) is 0 Å². The van der Waals surface area contributed by atoms with E-state index < -0.39 is 0 Å². The number of fused-ring (bicyclic) bond motifs is 1. The Morgan fingerprint density at radius 3 is 2.94 bits per heavy atom. The van der Waals surface area contributed by atoms with E-state index in [1.165, 1.54) is 37.9 Å². The van der Waals surface area contributed by atoms with Crippen LogP contribution in [0.4, 0.5) is 0 Å². The lowest BCUT2D eigenvalue weighted by molar-refractivity contribution is 0.221. The van der Waals surface area contributed by atoms with E-state index in [2.05, 4.69) is 33.1 Å². The molecule has 0 radical (unpaired) electrons. The zero-order chi connectivity index (χ0) is 10.8. The van der Waals surface area contributed by atoms with Crippen molar-refractivity contribution in [3.8, 4) is 0 Å². The van der Waals surface area contributed by atoms with E-state index in [1.807, 2.05) is 0 Å². The largest absolute Gasteiger partial charge is 0.345 e. The molecule has 1 N–H and O–H groups in total. The van der Waals surface area contributed by atoms with Gasteiger partial charge in [-0.15, -0.1) is 0 Å². The van der Waals surface area contributed by atoms with Gasteiger partial charge in [-0.05, 0) is 37.6 Å². The number of H-pyrrole nitrogens is 1. The van der Waals surface area contributed by atoms with Gasteiger partial charge in [-0.1, -0.05) is 18.6 Å². The number of nitrogens with one attached hydrogen (secondary N) is 1. The molecular weight excluding hydrogens is 198 g/mol. The summed E-state index contributed by atoms with van der Waals surface area (Å²) in [5.74, 6) is 0. The van der Waals surface area contributed by atoms with Crippen LogP contribution in [0, 0.1) is 0 Å². The lowest BCUT2D eigenvalue weighted by Gasteiger charge is -2.26. The summed E-state index contributed by atoms with van der Waals surface area (Å²) in [6, 6.07) is 6.39. The maximum Gasteiger partial charge on any atom is 0.0932 e. The minimum absolute atomic E-state index is 1.04. The number of hydrogen-bond acceptors (Lipinski definition) is 2. The number of rotatable bonds is 2. The van der Waals surface area contributed by atoms with Crippen molar-refractivity contribution in [3.05, 3.63) is 30.1 Å². The van der Waals surface area contributed by atoms with Crippen molar-refractivity contribution in [2.24, 2.45) is 0 Å². The van der Waals surface area contributed by atoms with Crippen LogP contribution in [0.2, 0.25) is 0 Å². The lowest BCUT2D eigenvalue weighted by atomic mass is 10.1. The molecule has 0 atom stereocenters. The van der Waals surface area contributed by atoms with Gasteiger partial charge in [-0.2, -0.15) is 0 Å². The van der Waals surface area contributed by atoms with Gasteiger partial charge in [-0.25, -0.2) is 4.98 Å². The Bertz CT molecular complexity index is 469. The monoisotopic (exact) mass is 215 g/mol. The van der Waals surface area contributed by atoms with Crippen molar-refractivity contribution in [1.82, 2.24) is 14.9 Å². The third-order valence-corrected chi connectivity index (χ3v) is 3.38. The first-order chi connectivity index (χ1) is 7.93. The molecule has 0 saturated carbocycles. The number of nitrogens with zero attached hydrogens (tertiary/aromatic N) is 2. The van der Waals surface area contributed by atoms with Crippen LogP contribution >= 0.6 is 0 Å². The molecule has 16 heavy (non-hydrogen) atoms. The van der Waals surface area contributed by atoms with Crippen LogP contribution in [-0.4, -0.2) is 28.0 Å². The molecular formula is C13H17N3. The van der Waals surface area contributed by atoms with Crippen LogP contribution in [0.25, 0.3) is 11.0 Å².